The Morgan fingerprint density at radius 2 is 1.55 bits per heavy atom. The summed E-state index contributed by atoms with van der Waals surface area (Å²) < 4.78 is 5.20. The number of thioether (sulfide) groups is 1. The van der Waals surface area contributed by atoms with Gasteiger partial charge in [0, 0.05) is 27.9 Å². The van der Waals surface area contributed by atoms with Gasteiger partial charge in [0.1, 0.15) is 5.70 Å². The molecule has 0 unspecified atom stereocenters. The molecule has 0 atom stereocenters. The van der Waals surface area contributed by atoms with Crippen molar-refractivity contribution in [3.8, 4) is 0 Å². The minimum atomic E-state index is -0.704. The molecule has 0 spiro atoms. The number of amides is 3. The van der Waals surface area contributed by atoms with Crippen molar-refractivity contribution in [2.24, 2.45) is 0 Å². The van der Waals surface area contributed by atoms with Crippen LogP contribution < -0.4 is 16.0 Å². The number of esters is 1. The molecule has 0 aliphatic heterocycles. The summed E-state index contributed by atoms with van der Waals surface area (Å²) >= 11 is 1.24. The molecule has 4 rings (SSSR count). The zero-order valence-electron chi connectivity index (χ0n) is 25.4. The molecule has 0 fully saturated rings. The molecule has 11 nitrogen and oxygen atoms in total. The summed E-state index contributed by atoms with van der Waals surface area (Å²) in [4.78, 5) is 62.7. The summed E-state index contributed by atoms with van der Waals surface area (Å²) in [5, 5.41) is 19.7. The molecular formula is C35H32N4O7S. The number of para-hydroxylation sites is 1. The molecule has 3 amide bonds. The number of nitro benzene ring substituents is 1. The Balaban J connectivity index is 1.41. The quantitative estimate of drug-likeness (QED) is 0.0340. The largest absolute Gasteiger partial charge is 0.462 e. The van der Waals surface area contributed by atoms with E-state index in [9.17, 15) is 29.3 Å². The SMILES string of the molecule is CCCCOC(=O)c1ccc(NC(=O)CSc2cccc(NC(=O)/C(=C\c3ccccc3[N+](=O)[O-])NC(=O)c3ccccc3)c2)cc1. The third kappa shape index (κ3) is 10.4. The summed E-state index contributed by atoms with van der Waals surface area (Å²) in [6, 6.07) is 27.3. The highest BCUT2D eigenvalue weighted by Gasteiger charge is 2.19. The van der Waals surface area contributed by atoms with Gasteiger partial charge in [0.2, 0.25) is 5.91 Å². The molecule has 12 heteroatoms. The van der Waals surface area contributed by atoms with E-state index in [0.717, 1.165) is 12.8 Å². The minimum Gasteiger partial charge on any atom is -0.462 e. The first-order valence-electron chi connectivity index (χ1n) is 14.7. The smallest absolute Gasteiger partial charge is 0.338 e. The van der Waals surface area contributed by atoms with Gasteiger partial charge < -0.3 is 20.7 Å². The molecule has 0 heterocycles. The van der Waals surface area contributed by atoms with Crippen LogP contribution in [0.4, 0.5) is 17.1 Å². The second-order valence-electron chi connectivity index (χ2n) is 10.1. The average molecular weight is 653 g/mol. The van der Waals surface area contributed by atoms with Crippen LogP contribution in [0.1, 0.15) is 46.0 Å². The van der Waals surface area contributed by atoms with Gasteiger partial charge in [-0.25, -0.2) is 4.79 Å². The highest BCUT2D eigenvalue weighted by Crippen LogP contribution is 2.24. The van der Waals surface area contributed by atoms with Gasteiger partial charge in [0.25, 0.3) is 17.5 Å². The molecule has 4 aromatic rings. The first-order chi connectivity index (χ1) is 22.7. The molecule has 0 saturated carbocycles. The zero-order chi connectivity index (χ0) is 33.6. The van der Waals surface area contributed by atoms with Crippen LogP contribution in [0.2, 0.25) is 0 Å². The van der Waals surface area contributed by atoms with Crippen molar-refractivity contribution in [2.75, 3.05) is 23.0 Å². The first-order valence-corrected chi connectivity index (χ1v) is 15.6. The van der Waals surface area contributed by atoms with E-state index in [0.29, 0.717) is 34.0 Å². The maximum atomic E-state index is 13.4. The first kappa shape index (κ1) is 34.1. The Morgan fingerprint density at radius 1 is 0.830 bits per heavy atom. The van der Waals surface area contributed by atoms with E-state index in [2.05, 4.69) is 16.0 Å². The van der Waals surface area contributed by atoms with Gasteiger partial charge in [-0.05, 0) is 73.2 Å². The maximum Gasteiger partial charge on any atom is 0.338 e. The summed E-state index contributed by atoms with van der Waals surface area (Å²) in [5.74, 6) is -1.90. The number of hydrogen-bond acceptors (Lipinski definition) is 8. The summed E-state index contributed by atoms with van der Waals surface area (Å²) in [7, 11) is 0. The molecule has 0 aromatic heterocycles. The van der Waals surface area contributed by atoms with E-state index >= 15 is 0 Å². The van der Waals surface area contributed by atoms with Crippen molar-refractivity contribution in [2.45, 2.75) is 24.7 Å². The number of unbranched alkanes of at least 4 members (excludes halogenated alkanes) is 1. The van der Waals surface area contributed by atoms with Crippen LogP contribution in [0, 0.1) is 10.1 Å². The number of nitrogens with zero attached hydrogens (tertiary/aromatic N) is 1. The molecule has 0 radical (unpaired) electrons. The normalized spacial score (nSPS) is 10.9. The van der Waals surface area contributed by atoms with E-state index in [1.165, 1.54) is 36.0 Å². The third-order valence-corrected chi connectivity index (χ3v) is 7.55. The summed E-state index contributed by atoms with van der Waals surface area (Å²) in [6.45, 7) is 2.37. The van der Waals surface area contributed by atoms with Crippen LogP contribution in [0.25, 0.3) is 6.08 Å². The lowest BCUT2D eigenvalue weighted by molar-refractivity contribution is -0.385. The molecule has 240 valence electrons. The Bertz CT molecular complexity index is 1780. The van der Waals surface area contributed by atoms with Gasteiger partial charge in [0.15, 0.2) is 0 Å². The minimum absolute atomic E-state index is 0.0637. The van der Waals surface area contributed by atoms with E-state index in [4.69, 9.17) is 4.74 Å². The molecule has 4 aromatic carbocycles. The second-order valence-corrected chi connectivity index (χ2v) is 11.1. The number of carbonyl (C=O) groups is 4. The average Bonchev–Trinajstić information content (AvgIpc) is 3.08. The van der Waals surface area contributed by atoms with Crippen LogP contribution >= 0.6 is 11.8 Å². The van der Waals surface area contributed by atoms with Crippen molar-refractivity contribution in [1.82, 2.24) is 5.32 Å². The topological polar surface area (TPSA) is 157 Å². The fourth-order valence-electron chi connectivity index (χ4n) is 4.16. The number of hydrogen-bond donors (Lipinski definition) is 3. The van der Waals surface area contributed by atoms with Crippen LogP contribution in [0.15, 0.2) is 114 Å². The number of ether oxygens (including phenoxy) is 1. The molecule has 3 N–H and O–H groups in total. The highest BCUT2D eigenvalue weighted by atomic mass is 32.2. The highest BCUT2D eigenvalue weighted by molar-refractivity contribution is 8.00. The summed E-state index contributed by atoms with van der Waals surface area (Å²) in [5.41, 5.74) is 1.29. The van der Waals surface area contributed by atoms with E-state index in [1.807, 2.05) is 6.92 Å². The lowest BCUT2D eigenvalue weighted by Gasteiger charge is -2.12. The predicted molar refractivity (Wildman–Crippen MR) is 181 cm³/mol. The van der Waals surface area contributed by atoms with E-state index in [-0.39, 0.29) is 28.6 Å². The van der Waals surface area contributed by atoms with Crippen molar-refractivity contribution in [3.05, 3.63) is 136 Å². The van der Waals surface area contributed by atoms with Crippen molar-refractivity contribution in [3.63, 3.8) is 0 Å². The van der Waals surface area contributed by atoms with Crippen molar-refractivity contribution >= 4 is 58.6 Å². The standard InChI is InChI=1S/C35H32N4O7S/c1-2-3-20-46-35(43)25-16-18-27(19-17-25)36-32(40)23-47-29-14-9-13-28(22-29)37-34(42)30(38-33(41)24-10-5-4-6-11-24)21-26-12-7-8-15-31(26)39(44)45/h4-19,21-22H,2-3,20,23H2,1H3,(H,36,40)(H,37,42)(H,38,41)/b30-21+. The number of nitrogens with one attached hydrogen (secondary N) is 3. The Kier molecular flexibility index (Phi) is 12.4. The number of rotatable bonds is 14. The third-order valence-electron chi connectivity index (χ3n) is 6.56. The molecule has 47 heavy (non-hydrogen) atoms. The lowest BCUT2D eigenvalue weighted by atomic mass is 10.1. The summed E-state index contributed by atoms with van der Waals surface area (Å²) in [6.07, 6.45) is 2.96. The van der Waals surface area contributed by atoms with Crippen LogP contribution in [0.5, 0.6) is 0 Å². The Hall–Kier alpha value is -5.75. The van der Waals surface area contributed by atoms with Gasteiger partial charge >= 0.3 is 5.97 Å². The number of nitro groups is 1. The lowest BCUT2D eigenvalue weighted by Crippen LogP contribution is -2.30. The molecule has 0 aliphatic carbocycles. The van der Waals surface area contributed by atoms with Crippen LogP contribution in [-0.2, 0) is 14.3 Å². The van der Waals surface area contributed by atoms with Gasteiger partial charge in [0.05, 0.1) is 28.4 Å². The van der Waals surface area contributed by atoms with Crippen LogP contribution in [-0.4, -0.2) is 41.0 Å². The fraction of sp³-hybridized carbons (Fsp3) is 0.143. The van der Waals surface area contributed by atoms with Gasteiger partial charge in [-0.15, -0.1) is 11.8 Å². The Labute approximate surface area is 275 Å². The van der Waals surface area contributed by atoms with Crippen LogP contribution in [0.3, 0.4) is 0 Å². The van der Waals surface area contributed by atoms with E-state index < -0.39 is 22.7 Å². The van der Waals surface area contributed by atoms with Crippen molar-refractivity contribution in [1.29, 1.82) is 0 Å². The van der Waals surface area contributed by atoms with E-state index in [1.54, 1.807) is 84.9 Å². The Morgan fingerprint density at radius 3 is 2.28 bits per heavy atom. The predicted octanol–water partition coefficient (Wildman–Crippen LogP) is 6.69. The molecule has 0 saturated heterocycles. The number of anilines is 2. The molecule has 0 bridgehead atoms. The second kappa shape index (κ2) is 17.1. The zero-order valence-corrected chi connectivity index (χ0v) is 26.3. The van der Waals surface area contributed by atoms with Gasteiger partial charge in [-0.3, -0.25) is 24.5 Å². The number of benzene rings is 4. The van der Waals surface area contributed by atoms with Crippen molar-refractivity contribution < 1.29 is 28.8 Å². The molecular weight excluding hydrogens is 620 g/mol. The number of carbonyl (C=O) groups excluding carboxylic acids is 4. The van der Waals surface area contributed by atoms with Gasteiger partial charge in [-0.1, -0.05) is 49.7 Å². The monoisotopic (exact) mass is 652 g/mol. The van der Waals surface area contributed by atoms with Gasteiger partial charge in [-0.2, -0.15) is 0 Å². The molecule has 0 aliphatic rings. The fourth-order valence-corrected chi connectivity index (χ4v) is 4.92. The maximum absolute atomic E-state index is 13.4.